The topological polar surface area (TPSA) is 119 Å². The minimum Gasteiger partial charge on any atom is -0.480 e. The van der Waals surface area contributed by atoms with Gasteiger partial charge in [0.05, 0.1) is 12.1 Å². The Balaban J connectivity index is 1.94. The lowest BCUT2D eigenvalue weighted by Gasteiger charge is -2.26. The predicted molar refractivity (Wildman–Crippen MR) is 67.8 cm³/mol. The van der Waals surface area contributed by atoms with Gasteiger partial charge in [0.1, 0.15) is 12.6 Å². The van der Waals surface area contributed by atoms with Gasteiger partial charge >= 0.3 is 5.97 Å². The number of nitrogens with zero attached hydrogens (tertiary/aromatic N) is 1. The first-order valence-corrected chi connectivity index (χ1v) is 6.70. The molecule has 2 aliphatic heterocycles. The highest BCUT2D eigenvalue weighted by Gasteiger charge is 2.39. The van der Waals surface area contributed by atoms with E-state index in [1.165, 1.54) is 4.90 Å². The summed E-state index contributed by atoms with van der Waals surface area (Å²) in [7, 11) is 0. The molecule has 0 aromatic carbocycles. The van der Waals surface area contributed by atoms with Crippen molar-refractivity contribution in [3.8, 4) is 0 Å². The van der Waals surface area contributed by atoms with Crippen molar-refractivity contribution in [2.45, 2.75) is 37.5 Å². The molecule has 2 amide bonds. The molecule has 0 radical (unpaired) electrons. The number of rotatable bonds is 4. The Morgan fingerprint density at radius 1 is 1.35 bits per heavy atom. The molecule has 2 aliphatic rings. The van der Waals surface area contributed by atoms with Crippen LogP contribution in [0.1, 0.15) is 19.3 Å². The summed E-state index contributed by atoms with van der Waals surface area (Å²) in [5.74, 6) is -1.75. The van der Waals surface area contributed by atoms with Crippen LogP contribution in [0.5, 0.6) is 0 Å². The molecule has 0 aromatic rings. The van der Waals surface area contributed by atoms with E-state index in [4.69, 9.17) is 5.11 Å². The van der Waals surface area contributed by atoms with Crippen LogP contribution >= 0.6 is 0 Å². The molecule has 0 aliphatic carbocycles. The number of likely N-dealkylation sites (tertiary alicyclic amines) is 1. The second-order valence-electron chi connectivity index (χ2n) is 5.15. The lowest BCUT2D eigenvalue weighted by atomic mass is 10.1. The van der Waals surface area contributed by atoms with E-state index in [-0.39, 0.29) is 5.91 Å². The van der Waals surface area contributed by atoms with Crippen molar-refractivity contribution < 1.29 is 24.6 Å². The maximum Gasteiger partial charge on any atom is 0.322 e. The number of hydrogen-bond acceptors (Lipinski definition) is 5. The summed E-state index contributed by atoms with van der Waals surface area (Å²) in [5, 5.41) is 23.2. The largest absolute Gasteiger partial charge is 0.480 e. The molecule has 0 saturated carbocycles. The minimum atomic E-state index is -1.12. The summed E-state index contributed by atoms with van der Waals surface area (Å²) in [6.07, 6.45) is 1.06. The standard InChI is InChI=1S/C12H19N3O5/c16-7-4-8(13-5-7)12(20)15-3-1-2-9(15)11(19)14-6-10(17)18/h7-9,13,16H,1-6H2,(H,14,19)(H,17,18)/t7-,8-,9-/m0/s1. The zero-order valence-electron chi connectivity index (χ0n) is 11.0. The third-order valence-corrected chi connectivity index (χ3v) is 3.66. The highest BCUT2D eigenvalue weighted by Crippen LogP contribution is 2.20. The maximum absolute atomic E-state index is 12.3. The monoisotopic (exact) mass is 285 g/mol. The average Bonchev–Trinajstić information content (AvgIpc) is 3.03. The van der Waals surface area contributed by atoms with Crippen LogP contribution in [0.3, 0.4) is 0 Å². The minimum absolute atomic E-state index is 0.200. The smallest absolute Gasteiger partial charge is 0.322 e. The van der Waals surface area contributed by atoms with Gasteiger partial charge in [-0.2, -0.15) is 0 Å². The highest BCUT2D eigenvalue weighted by atomic mass is 16.4. The van der Waals surface area contributed by atoms with E-state index < -0.39 is 36.6 Å². The summed E-state index contributed by atoms with van der Waals surface area (Å²) < 4.78 is 0. The number of carbonyl (C=O) groups excluding carboxylic acids is 2. The number of carboxylic acid groups (broad SMARTS) is 1. The Labute approximate surface area is 116 Å². The van der Waals surface area contributed by atoms with Gasteiger partial charge in [-0.25, -0.2) is 0 Å². The zero-order chi connectivity index (χ0) is 14.7. The van der Waals surface area contributed by atoms with E-state index in [1.807, 2.05) is 0 Å². The molecule has 0 unspecified atom stereocenters. The van der Waals surface area contributed by atoms with E-state index in [9.17, 15) is 19.5 Å². The molecule has 3 atom stereocenters. The molecule has 0 aromatic heterocycles. The van der Waals surface area contributed by atoms with Crippen LogP contribution in [-0.2, 0) is 14.4 Å². The molecule has 8 nitrogen and oxygen atoms in total. The number of aliphatic hydroxyl groups excluding tert-OH is 1. The number of nitrogens with one attached hydrogen (secondary N) is 2. The van der Waals surface area contributed by atoms with E-state index in [0.717, 1.165) is 0 Å². The molecule has 2 rings (SSSR count). The van der Waals surface area contributed by atoms with Gasteiger partial charge in [0.15, 0.2) is 0 Å². The fourth-order valence-corrected chi connectivity index (χ4v) is 2.69. The number of hydrogen-bond donors (Lipinski definition) is 4. The third kappa shape index (κ3) is 3.26. The SMILES string of the molecule is O=C(O)CNC(=O)[C@@H]1CCCN1C(=O)[C@@H]1C[C@H](O)CN1. The van der Waals surface area contributed by atoms with Gasteiger partial charge in [-0.15, -0.1) is 0 Å². The highest BCUT2D eigenvalue weighted by molar-refractivity contribution is 5.91. The van der Waals surface area contributed by atoms with Crippen LogP contribution in [0.15, 0.2) is 0 Å². The van der Waals surface area contributed by atoms with Crippen LogP contribution in [0.25, 0.3) is 0 Å². The van der Waals surface area contributed by atoms with Crippen LogP contribution in [-0.4, -0.2) is 70.7 Å². The lowest BCUT2D eigenvalue weighted by Crippen LogP contribution is -2.51. The Bertz CT molecular complexity index is 414. The van der Waals surface area contributed by atoms with E-state index in [0.29, 0.717) is 32.4 Å². The van der Waals surface area contributed by atoms with E-state index >= 15 is 0 Å². The average molecular weight is 285 g/mol. The van der Waals surface area contributed by atoms with Gasteiger partial charge in [-0.05, 0) is 19.3 Å². The Morgan fingerprint density at radius 3 is 2.70 bits per heavy atom. The fourth-order valence-electron chi connectivity index (χ4n) is 2.69. The predicted octanol–water partition coefficient (Wildman–Crippen LogP) is -2.10. The maximum atomic E-state index is 12.3. The molecule has 0 bridgehead atoms. The van der Waals surface area contributed by atoms with Crippen molar-refractivity contribution in [2.75, 3.05) is 19.6 Å². The van der Waals surface area contributed by atoms with Crippen molar-refractivity contribution in [1.29, 1.82) is 0 Å². The molecule has 0 spiro atoms. The number of carboxylic acids is 1. The summed E-state index contributed by atoms with van der Waals surface area (Å²) in [5.41, 5.74) is 0. The van der Waals surface area contributed by atoms with Crippen LogP contribution < -0.4 is 10.6 Å². The number of aliphatic hydroxyl groups is 1. The van der Waals surface area contributed by atoms with Crippen molar-refractivity contribution in [3.63, 3.8) is 0 Å². The van der Waals surface area contributed by atoms with Gasteiger partial charge in [0.25, 0.3) is 0 Å². The number of aliphatic carboxylic acids is 1. The second kappa shape index (κ2) is 6.19. The normalized spacial score (nSPS) is 29.4. The summed E-state index contributed by atoms with van der Waals surface area (Å²) in [4.78, 5) is 36.1. The third-order valence-electron chi connectivity index (χ3n) is 3.66. The van der Waals surface area contributed by atoms with E-state index in [2.05, 4.69) is 10.6 Å². The molecular formula is C12H19N3O5. The second-order valence-corrected chi connectivity index (χ2v) is 5.15. The van der Waals surface area contributed by atoms with Crippen LogP contribution in [0.2, 0.25) is 0 Å². The number of β-amino-alcohol motifs (C(OH)–C–C–N with tert-alkyl or cyclic N) is 1. The molecule has 2 fully saturated rings. The Kier molecular flexibility index (Phi) is 4.56. The van der Waals surface area contributed by atoms with Crippen molar-refractivity contribution in [1.82, 2.24) is 15.5 Å². The van der Waals surface area contributed by atoms with Gasteiger partial charge in [0, 0.05) is 13.1 Å². The first-order valence-electron chi connectivity index (χ1n) is 6.70. The first kappa shape index (κ1) is 14.7. The molecule has 8 heteroatoms. The first-order chi connectivity index (χ1) is 9.49. The molecule has 2 saturated heterocycles. The van der Waals surface area contributed by atoms with Crippen LogP contribution in [0, 0.1) is 0 Å². The fraction of sp³-hybridized carbons (Fsp3) is 0.750. The number of amides is 2. The summed E-state index contributed by atoms with van der Waals surface area (Å²) in [6, 6.07) is -1.07. The summed E-state index contributed by atoms with van der Waals surface area (Å²) in [6.45, 7) is 0.413. The van der Waals surface area contributed by atoms with Gasteiger partial charge in [0.2, 0.25) is 11.8 Å². The molecule has 20 heavy (non-hydrogen) atoms. The molecule has 4 N–H and O–H groups in total. The Hall–Kier alpha value is -1.67. The van der Waals surface area contributed by atoms with E-state index in [1.54, 1.807) is 0 Å². The molecule has 2 heterocycles. The molecular weight excluding hydrogens is 266 g/mol. The van der Waals surface area contributed by atoms with Gasteiger partial charge in [-0.3, -0.25) is 14.4 Å². The Morgan fingerprint density at radius 2 is 2.10 bits per heavy atom. The van der Waals surface area contributed by atoms with Gasteiger partial charge < -0.3 is 25.7 Å². The quantitative estimate of drug-likeness (QED) is 0.470. The zero-order valence-corrected chi connectivity index (χ0v) is 11.0. The van der Waals surface area contributed by atoms with Crippen molar-refractivity contribution >= 4 is 17.8 Å². The van der Waals surface area contributed by atoms with Crippen molar-refractivity contribution in [2.24, 2.45) is 0 Å². The number of carbonyl (C=O) groups is 3. The van der Waals surface area contributed by atoms with Crippen LogP contribution in [0.4, 0.5) is 0 Å². The molecule has 112 valence electrons. The van der Waals surface area contributed by atoms with Crippen molar-refractivity contribution in [3.05, 3.63) is 0 Å². The van der Waals surface area contributed by atoms with Gasteiger partial charge in [-0.1, -0.05) is 0 Å². The summed E-state index contributed by atoms with van der Waals surface area (Å²) >= 11 is 0. The lowest BCUT2D eigenvalue weighted by molar-refractivity contribution is -0.141.